The standard InChI is InChI=1S/C20H22N2O4/c1-24-20(23)18-6-2-17(3-7-18)15-26-19-8-4-16(5-9-19)14-21-22-10-12-25-13-11-22/h2-9,14H,10-13,15H2,1H3/b21-14+. The summed E-state index contributed by atoms with van der Waals surface area (Å²) in [6.45, 7) is 3.54. The Balaban J connectivity index is 1.51. The minimum atomic E-state index is -0.341. The molecule has 6 heteroatoms. The van der Waals surface area contributed by atoms with E-state index in [0.29, 0.717) is 12.2 Å². The largest absolute Gasteiger partial charge is 0.489 e. The van der Waals surface area contributed by atoms with Crippen molar-refractivity contribution in [1.29, 1.82) is 0 Å². The summed E-state index contributed by atoms with van der Waals surface area (Å²) in [6, 6.07) is 15.0. The average Bonchev–Trinajstić information content (AvgIpc) is 2.72. The molecule has 0 atom stereocenters. The third-order valence-electron chi connectivity index (χ3n) is 4.02. The molecular weight excluding hydrogens is 332 g/mol. The van der Waals surface area contributed by atoms with Gasteiger partial charge < -0.3 is 14.2 Å². The van der Waals surface area contributed by atoms with Crippen LogP contribution in [0, 0.1) is 0 Å². The summed E-state index contributed by atoms with van der Waals surface area (Å²) < 4.78 is 15.8. The molecule has 0 aromatic heterocycles. The van der Waals surface area contributed by atoms with Crippen LogP contribution in [-0.4, -0.2) is 50.6 Å². The van der Waals surface area contributed by atoms with Gasteiger partial charge in [0.1, 0.15) is 12.4 Å². The number of benzene rings is 2. The molecule has 6 nitrogen and oxygen atoms in total. The number of hydrazone groups is 1. The van der Waals surface area contributed by atoms with Crippen molar-refractivity contribution in [2.45, 2.75) is 6.61 Å². The van der Waals surface area contributed by atoms with Gasteiger partial charge >= 0.3 is 5.97 Å². The number of hydrogen-bond acceptors (Lipinski definition) is 6. The SMILES string of the molecule is COC(=O)c1ccc(COc2ccc(/C=N/N3CCOCC3)cc2)cc1. The van der Waals surface area contributed by atoms with Crippen molar-refractivity contribution in [3.63, 3.8) is 0 Å². The molecule has 2 aromatic rings. The Morgan fingerprint density at radius 3 is 2.46 bits per heavy atom. The quantitative estimate of drug-likeness (QED) is 0.590. The van der Waals surface area contributed by atoms with Crippen LogP contribution in [-0.2, 0) is 16.1 Å². The third kappa shape index (κ3) is 5.07. The van der Waals surface area contributed by atoms with Crippen molar-refractivity contribution in [3.05, 3.63) is 65.2 Å². The Bertz CT molecular complexity index is 735. The molecule has 0 unspecified atom stereocenters. The van der Waals surface area contributed by atoms with E-state index >= 15 is 0 Å². The van der Waals surface area contributed by atoms with Crippen LogP contribution in [0.4, 0.5) is 0 Å². The smallest absolute Gasteiger partial charge is 0.337 e. The molecule has 1 fully saturated rings. The van der Waals surface area contributed by atoms with Gasteiger partial charge in [0.15, 0.2) is 0 Å². The lowest BCUT2D eigenvalue weighted by molar-refractivity contribution is 0.0397. The van der Waals surface area contributed by atoms with Gasteiger partial charge in [-0.2, -0.15) is 5.10 Å². The summed E-state index contributed by atoms with van der Waals surface area (Å²) in [6.07, 6.45) is 1.85. The predicted molar refractivity (Wildman–Crippen MR) is 98.5 cm³/mol. The third-order valence-corrected chi connectivity index (χ3v) is 4.02. The molecular formula is C20H22N2O4. The highest BCUT2D eigenvalue weighted by Gasteiger charge is 2.06. The molecule has 1 saturated heterocycles. The average molecular weight is 354 g/mol. The first kappa shape index (κ1) is 17.9. The van der Waals surface area contributed by atoms with Gasteiger partial charge in [-0.15, -0.1) is 0 Å². The molecule has 3 rings (SSSR count). The number of carbonyl (C=O) groups is 1. The highest BCUT2D eigenvalue weighted by Crippen LogP contribution is 2.14. The first-order valence-corrected chi connectivity index (χ1v) is 8.51. The molecule has 0 N–H and O–H groups in total. The molecule has 1 aliphatic rings. The van der Waals surface area contributed by atoms with E-state index in [0.717, 1.165) is 43.2 Å². The maximum atomic E-state index is 11.4. The molecule has 0 spiro atoms. The fourth-order valence-electron chi connectivity index (χ4n) is 2.49. The summed E-state index contributed by atoms with van der Waals surface area (Å²) in [5, 5.41) is 6.46. The van der Waals surface area contributed by atoms with Gasteiger partial charge in [-0.3, -0.25) is 5.01 Å². The van der Waals surface area contributed by atoms with Crippen LogP contribution in [0.25, 0.3) is 0 Å². The number of hydrogen-bond donors (Lipinski definition) is 0. The number of morpholine rings is 1. The van der Waals surface area contributed by atoms with E-state index in [1.54, 1.807) is 12.1 Å². The van der Waals surface area contributed by atoms with E-state index in [4.69, 9.17) is 9.47 Å². The lowest BCUT2D eigenvalue weighted by Crippen LogP contribution is -2.32. The Morgan fingerprint density at radius 2 is 1.81 bits per heavy atom. The van der Waals surface area contributed by atoms with Gasteiger partial charge in [-0.05, 0) is 47.5 Å². The van der Waals surface area contributed by atoms with Crippen molar-refractivity contribution in [1.82, 2.24) is 5.01 Å². The van der Waals surface area contributed by atoms with E-state index in [2.05, 4.69) is 9.84 Å². The number of nitrogens with zero attached hydrogens (tertiary/aromatic N) is 2. The van der Waals surface area contributed by atoms with Crippen molar-refractivity contribution >= 4 is 12.2 Å². The second-order valence-corrected chi connectivity index (χ2v) is 5.86. The van der Waals surface area contributed by atoms with Crippen molar-refractivity contribution in [2.75, 3.05) is 33.4 Å². The fourth-order valence-corrected chi connectivity index (χ4v) is 2.49. The zero-order valence-electron chi connectivity index (χ0n) is 14.8. The summed E-state index contributed by atoms with van der Waals surface area (Å²) in [7, 11) is 1.37. The zero-order chi connectivity index (χ0) is 18.2. The Morgan fingerprint density at radius 1 is 1.12 bits per heavy atom. The maximum absolute atomic E-state index is 11.4. The van der Waals surface area contributed by atoms with E-state index < -0.39 is 0 Å². The van der Waals surface area contributed by atoms with Gasteiger partial charge in [0.25, 0.3) is 0 Å². The second kappa shape index (κ2) is 9.01. The van der Waals surface area contributed by atoms with Crippen LogP contribution in [0.1, 0.15) is 21.5 Å². The Labute approximate surface area is 153 Å². The van der Waals surface area contributed by atoms with E-state index in [9.17, 15) is 4.79 Å². The molecule has 0 radical (unpaired) electrons. The molecule has 0 bridgehead atoms. The number of carbonyl (C=O) groups excluding carboxylic acids is 1. The predicted octanol–water partition coefficient (Wildman–Crippen LogP) is 2.72. The van der Waals surface area contributed by atoms with Crippen molar-refractivity contribution in [2.24, 2.45) is 5.10 Å². The van der Waals surface area contributed by atoms with E-state index in [-0.39, 0.29) is 5.97 Å². The molecule has 26 heavy (non-hydrogen) atoms. The van der Waals surface area contributed by atoms with Crippen LogP contribution in [0.15, 0.2) is 53.6 Å². The number of ether oxygens (including phenoxy) is 3. The van der Waals surface area contributed by atoms with Gasteiger partial charge in [0.2, 0.25) is 0 Å². The topological polar surface area (TPSA) is 60.4 Å². The van der Waals surface area contributed by atoms with Crippen LogP contribution < -0.4 is 4.74 Å². The second-order valence-electron chi connectivity index (χ2n) is 5.86. The first-order chi connectivity index (χ1) is 12.7. The molecule has 1 heterocycles. The van der Waals surface area contributed by atoms with Gasteiger partial charge in [0, 0.05) is 0 Å². The number of rotatable bonds is 6. The summed E-state index contributed by atoms with van der Waals surface area (Å²) >= 11 is 0. The van der Waals surface area contributed by atoms with Crippen LogP contribution in [0.3, 0.4) is 0 Å². The summed E-state index contributed by atoms with van der Waals surface area (Å²) in [5.74, 6) is 0.442. The number of methoxy groups -OCH3 is 1. The monoisotopic (exact) mass is 354 g/mol. The highest BCUT2D eigenvalue weighted by molar-refractivity contribution is 5.89. The van der Waals surface area contributed by atoms with Crippen LogP contribution in [0.5, 0.6) is 5.75 Å². The van der Waals surface area contributed by atoms with Crippen molar-refractivity contribution in [3.8, 4) is 5.75 Å². The minimum Gasteiger partial charge on any atom is -0.489 e. The summed E-state index contributed by atoms with van der Waals surface area (Å²) in [4.78, 5) is 11.4. The number of esters is 1. The van der Waals surface area contributed by atoms with Crippen molar-refractivity contribution < 1.29 is 19.0 Å². The van der Waals surface area contributed by atoms with Crippen LogP contribution in [0.2, 0.25) is 0 Å². The lowest BCUT2D eigenvalue weighted by Gasteiger charge is -2.23. The molecule has 0 aliphatic carbocycles. The zero-order valence-corrected chi connectivity index (χ0v) is 14.8. The normalized spacial score (nSPS) is 14.4. The fraction of sp³-hybridized carbons (Fsp3) is 0.300. The van der Waals surface area contributed by atoms with E-state index in [1.807, 2.05) is 47.6 Å². The van der Waals surface area contributed by atoms with E-state index in [1.165, 1.54) is 7.11 Å². The lowest BCUT2D eigenvalue weighted by atomic mass is 10.1. The Kier molecular flexibility index (Phi) is 6.22. The van der Waals surface area contributed by atoms with Crippen LogP contribution >= 0.6 is 0 Å². The van der Waals surface area contributed by atoms with Gasteiger partial charge in [0.05, 0.1) is 45.2 Å². The molecule has 2 aromatic carbocycles. The first-order valence-electron chi connectivity index (χ1n) is 8.51. The Hall–Kier alpha value is -2.86. The van der Waals surface area contributed by atoms with Gasteiger partial charge in [-0.25, -0.2) is 4.79 Å². The molecule has 1 aliphatic heterocycles. The molecule has 136 valence electrons. The molecule has 0 amide bonds. The molecule has 0 saturated carbocycles. The summed E-state index contributed by atoms with van der Waals surface area (Å²) in [5.41, 5.74) is 2.53. The van der Waals surface area contributed by atoms with Gasteiger partial charge in [-0.1, -0.05) is 12.1 Å². The highest BCUT2D eigenvalue weighted by atomic mass is 16.5. The minimum absolute atomic E-state index is 0.341. The maximum Gasteiger partial charge on any atom is 0.337 e.